The van der Waals surface area contributed by atoms with E-state index in [2.05, 4.69) is 194 Å². The maximum atomic E-state index is 2.34. The van der Waals surface area contributed by atoms with Crippen LogP contribution in [0.25, 0.3) is 88.0 Å². The van der Waals surface area contributed by atoms with E-state index in [1.165, 1.54) is 88.0 Å². The monoisotopic (exact) mass is 608 g/mol. The van der Waals surface area contributed by atoms with Crippen molar-refractivity contribution in [1.82, 2.24) is 0 Å². The highest BCUT2D eigenvalue weighted by atomic mass is 14.2. The lowest BCUT2D eigenvalue weighted by atomic mass is 9.83. The summed E-state index contributed by atoms with van der Waals surface area (Å²) in [5.74, 6) is 0. The lowest BCUT2D eigenvalue weighted by Gasteiger charge is -2.20. The van der Waals surface area contributed by atoms with Crippen LogP contribution >= 0.6 is 0 Å². The zero-order chi connectivity index (χ0) is 31.9. The summed E-state index contributed by atoms with van der Waals surface area (Å²) in [6.45, 7) is 0. The summed E-state index contributed by atoms with van der Waals surface area (Å²) in [6, 6.07) is 70.7. The molecule has 0 radical (unpaired) electrons. The van der Waals surface area contributed by atoms with Gasteiger partial charge in [0.1, 0.15) is 0 Å². The van der Waals surface area contributed by atoms with E-state index in [4.69, 9.17) is 0 Å². The van der Waals surface area contributed by atoms with Gasteiger partial charge in [0.15, 0.2) is 0 Å². The van der Waals surface area contributed by atoms with E-state index in [9.17, 15) is 0 Å². The number of fused-ring (bicyclic) bond motifs is 3. The quantitative estimate of drug-likeness (QED) is 0.171. The van der Waals surface area contributed by atoms with E-state index in [1.54, 1.807) is 0 Å². The molecule has 0 amide bonds. The second kappa shape index (κ2) is 11.8. The fourth-order valence-corrected chi connectivity index (χ4v) is 7.38. The molecule has 9 aromatic carbocycles. The zero-order valence-corrected chi connectivity index (χ0v) is 26.5. The van der Waals surface area contributed by atoms with Gasteiger partial charge in [-0.2, -0.15) is 0 Å². The summed E-state index contributed by atoms with van der Waals surface area (Å²) in [7, 11) is 0. The van der Waals surface area contributed by atoms with Crippen molar-refractivity contribution in [2.75, 3.05) is 0 Å². The normalized spacial score (nSPS) is 11.3. The van der Waals surface area contributed by atoms with Gasteiger partial charge in [0.2, 0.25) is 0 Å². The van der Waals surface area contributed by atoms with E-state index in [0.29, 0.717) is 0 Å². The molecule has 0 spiro atoms. The van der Waals surface area contributed by atoms with Crippen molar-refractivity contribution in [1.29, 1.82) is 0 Å². The van der Waals surface area contributed by atoms with Crippen molar-refractivity contribution >= 4 is 32.3 Å². The van der Waals surface area contributed by atoms with Crippen molar-refractivity contribution < 1.29 is 0 Å². The summed E-state index contributed by atoms with van der Waals surface area (Å²) in [5, 5.41) is 7.58. The molecule has 0 fully saturated rings. The van der Waals surface area contributed by atoms with Crippen LogP contribution in [0, 0.1) is 0 Å². The molecule has 0 aliphatic carbocycles. The summed E-state index contributed by atoms with van der Waals surface area (Å²) in [4.78, 5) is 0. The predicted molar refractivity (Wildman–Crippen MR) is 206 cm³/mol. The van der Waals surface area contributed by atoms with Gasteiger partial charge in [-0.1, -0.05) is 182 Å². The van der Waals surface area contributed by atoms with Crippen LogP contribution in [0.4, 0.5) is 0 Å². The third-order valence-corrected chi connectivity index (χ3v) is 9.66. The highest BCUT2D eigenvalue weighted by molar-refractivity contribution is 6.22. The molecular weight excluding hydrogens is 577 g/mol. The summed E-state index contributed by atoms with van der Waals surface area (Å²) >= 11 is 0. The van der Waals surface area contributed by atoms with E-state index >= 15 is 0 Å². The smallest absolute Gasteiger partial charge is 0.00201 e. The lowest BCUT2D eigenvalue weighted by Crippen LogP contribution is -1.93. The van der Waals surface area contributed by atoms with E-state index in [-0.39, 0.29) is 0 Å². The van der Waals surface area contributed by atoms with Crippen LogP contribution in [-0.4, -0.2) is 0 Å². The van der Waals surface area contributed by atoms with E-state index in [0.717, 1.165) is 0 Å². The first kappa shape index (κ1) is 28.0. The SMILES string of the molecule is c1ccc(-c2ccc(-c3cccc(-c4ccccc4-c4c5ccccc5c(-c5ccc6ccccc6c5)c5ccccc45)c3)cc2)cc1. The number of hydrogen-bond acceptors (Lipinski definition) is 0. The van der Waals surface area contributed by atoms with Gasteiger partial charge in [-0.05, 0) is 100 Å². The molecular formula is C48H32. The van der Waals surface area contributed by atoms with Gasteiger partial charge in [0.25, 0.3) is 0 Å². The first-order valence-corrected chi connectivity index (χ1v) is 16.6. The Balaban J connectivity index is 1.22. The van der Waals surface area contributed by atoms with Gasteiger partial charge < -0.3 is 0 Å². The Bertz CT molecular complexity index is 2530. The highest BCUT2D eigenvalue weighted by Gasteiger charge is 2.19. The minimum absolute atomic E-state index is 1.21. The molecule has 0 atom stereocenters. The van der Waals surface area contributed by atoms with Crippen LogP contribution in [0.15, 0.2) is 194 Å². The molecule has 0 bridgehead atoms. The Morgan fingerprint density at radius 3 is 1.35 bits per heavy atom. The molecule has 48 heavy (non-hydrogen) atoms. The van der Waals surface area contributed by atoms with Crippen LogP contribution in [-0.2, 0) is 0 Å². The molecule has 0 aliphatic heterocycles. The largest absolute Gasteiger partial charge is 0.0622 e. The van der Waals surface area contributed by atoms with Crippen molar-refractivity contribution in [2.45, 2.75) is 0 Å². The fourth-order valence-electron chi connectivity index (χ4n) is 7.38. The molecule has 224 valence electrons. The maximum Gasteiger partial charge on any atom is -0.00201 e. The van der Waals surface area contributed by atoms with Gasteiger partial charge in [-0.15, -0.1) is 0 Å². The van der Waals surface area contributed by atoms with E-state index in [1.807, 2.05) is 0 Å². The van der Waals surface area contributed by atoms with Gasteiger partial charge in [0.05, 0.1) is 0 Å². The standard InChI is InChI=1S/C48H32/c1-2-13-33(14-3-1)35-25-27-36(28-26-35)38-17-12-18-39(31-38)41-19-6-7-20-42(41)48-45-23-10-8-21-43(45)47(44-22-9-11-24-46(44)48)40-30-29-34-15-4-5-16-37(34)32-40/h1-32H. The topological polar surface area (TPSA) is 0 Å². The number of benzene rings is 9. The van der Waals surface area contributed by atoms with Gasteiger partial charge in [-0.3, -0.25) is 0 Å². The van der Waals surface area contributed by atoms with E-state index < -0.39 is 0 Å². The summed E-state index contributed by atoms with van der Waals surface area (Å²) in [5.41, 5.74) is 12.4. The van der Waals surface area contributed by atoms with Gasteiger partial charge in [0, 0.05) is 0 Å². The van der Waals surface area contributed by atoms with Crippen LogP contribution in [0.1, 0.15) is 0 Å². The molecule has 9 aromatic rings. The minimum Gasteiger partial charge on any atom is -0.0622 e. The molecule has 0 heteroatoms. The van der Waals surface area contributed by atoms with Gasteiger partial charge >= 0.3 is 0 Å². The summed E-state index contributed by atoms with van der Waals surface area (Å²) < 4.78 is 0. The van der Waals surface area contributed by atoms with Crippen LogP contribution in [0.2, 0.25) is 0 Å². The van der Waals surface area contributed by atoms with Crippen LogP contribution in [0.3, 0.4) is 0 Å². The summed E-state index contributed by atoms with van der Waals surface area (Å²) in [6.07, 6.45) is 0. The lowest BCUT2D eigenvalue weighted by molar-refractivity contribution is 1.57. The van der Waals surface area contributed by atoms with Crippen LogP contribution < -0.4 is 0 Å². The van der Waals surface area contributed by atoms with Crippen molar-refractivity contribution in [3.8, 4) is 55.6 Å². The molecule has 0 N–H and O–H groups in total. The molecule has 0 saturated heterocycles. The zero-order valence-electron chi connectivity index (χ0n) is 26.5. The van der Waals surface area contributed by atoms with Crippen molar-refractivity contribution in [3.63, 3.8) is 0 Å². The van der Waals surface area contributed by atoms with Crippen molar-refractivity contribution in [3.05, 3.63) is 194 Å². The third kappa shape index (κ3) is 4.87. The molecule has 0 aliphatic rings. The first-order chi connectivity index (χ1) is 23.8. The number of hydrogen-bond donors (Lipinski definition) is 0. The molecule has 0 nitrogen and oxygen atoms in total. The average Bonchev–Trinajstić information content (AvgIpc) is 3.17. The second-order valence-corrected chi connectivity index (χ2v) is 12.5. The fraction of sp³-hybridized carbons (Fsp3) is 0. The van der Waals surface area contributed by atoms with Crippen molar-refractivity contribution in [2.24, 2.45) is 0 Å². The Morgan fingerprint density at radius 1 is 0.208 bits per heavy atom. The average molecular weight is 609 g/mol. The maximum absolute atomic E-state index is 2.34. The molecule has 0 aromatic heterocycles. The Morgan fingerprint density at radius 2 is 0.667 bits per heavy atom. The molecule has 0 unspecified atom stereocenters. The molecule has 0 saturated carbocycles. The van der Waals surface area contributed by atoms with Crippen LogP contribution in [0.5, 0.6) is 0 Å². The predicted octanol–water partition coefficient (Wildman–Crippen LogP) is 13.5. The highest BCUT2D eigenvalue weighted by Crippen LogP contribution is 2.46. The third-order valence-electron chi connectivity index (χ3n) is 9.66. The minimum atomic E-state index is 1.21. The first-order valence-electron chi connectivity index (χ1n) is 16.6. The Kier molecular flexibility index (Phi) is 6.91. The Labute approximate surface area is 281 Å². The number of rotatable bonds is 5. The second-order valence-electron chi connectivity index (χ2n) is 12.5. The van der Waals surface area contributed by atoms with Gasteiger partial charge in [-0.25, -0.2) is 0 Å². The Hall–Kier alpha value is -6.24. The molecule has 9 rings (SSSR count). The molecule has 0 heterocycles.